The van der Waals surface area contributed by atoms with Crippen molar-refractivity contribution in [3.05, 3.63) is 23.3 Å². The number of aryl methyl sites for hydroxylation is 1. The number of hydrogen-bond acceptors (Lipinski definition) is 3. The predicted octanol–water partition coefficient (Wildman–Crippen LogP) is 0.858. The van der Waals surface area contributed by atoms with Crippen LogP contribution in [0.3, 0.4) is 0 Å². The van der Waals surface area contributed by atoms with E-state index in [1.807, 2.05) is 0 Å². The Morgan fingerprint density at radius 2 is 1.92 bits per heavy atom. The number of benzene rings is 1. The van der Waals surface area contributed by atoms with Crippen LogP contribution in [0.15, 0.2) is 12.1 Å². The number of rotatable bonds is 1. The third-order valence-corrected chi connectivity index (χ3v) is 1.67. The molecule has 0 bridgehead atoms. The van der Waals surface area contributed by atoms with Crippen LogP contribution in [0.5, 0.6) is 0 Å². The first-order valence-electron chi connectivity index (χ1n) is 3.41. The standard InChI is InChI=1S/C8H10N2O2/c1-4-2-7(10)5(8(11)12)3-6(4)9/h2-3H,9-10H2,1H3,(H,11,12). The summed E-state index contributed by atoms with van der Waals surface area (Å²) in [5, 5.41) is 8.65. The Morgan fingerprint density at radius 1 is 1.33 bits per heavy atom. The van der Waals surface area contributed by atoms with Crippen LogP contribution >= 0.6 is 0 Å². The summed E-state index contributed by atoms with van der Waals surface area (Å²) in [6.45, 7) is 1.78. The van der Waals surface area contributed by atoms with E-state index in [1.54, 1.807) is 13.0 Å². The number of nitrogens with two attached hydrogens (primary N) is 2. The monoisotopic (exact) mass is 166 g/mol. The van der Waals surface area contributed by atoms with Crippen molar-refractivity contribution in [2.45, 2.75) is 6.92 Å². The largest absolute Gasteiger partial charge is 0.478 e. The van der Waals surface area contributed by atoms with Gasteiger partial charge in [-0.2, -0.15) is 0 Å². The Bertz CT molecular complexity index is 334. The van der Waals surface area contributed by atoms with Crippen molar-refractivity contribution in [3.63, 3.8) is 0 Å². The fourth-order valence-corrected chi connectivity index (χ4v) is 0.932. The van der Waals surface area contributed by atoms with E-state index in [-0.39, 0.29) is 11.3 Å². The normalized spacial score (nSPS) is 9.75. The summed E-state index contributed by atoms with van der Waals surface area (Å²) >= 11 is 0. The SMILES string of the molecule is Cc1cc(N)c(C(=O)O)cc1N. The first-order valence-corrected chi connectivity index (χ1v) is 3.41. The average molecular weight is 166 g/mol. The van der Waals surface area contributed by atoms with Crippen LogP contribution in [0.1, 0.15) is 15.9 Å². The van der Waals surface area contributed by atoms with Gasteiger partial charge in [-0.25, -0.2) is 4.79 Å². The Labute approximate surface area is 69.8 Å². The van der Waals surface area contributed by atoms with Crippen molar-refractivity contribution < 1.29 is 9.90 Å². The predicted molar refractivity (Wildman–Crippen MR) is 47.0 cm³/mol. The summed E-state index contributed by atoms with van der Waals surface area (Å²) in [6.07, 6.45) is 0. The first-order chi connectivity index (χ1) is 5.52. The highest BCUT2D eigenvalue weighted by molar-refractivity contribution is 5.95. The lowest BCUT2D eigenvalue weighted by molar-refractivity contribution is 0.0698. The third-order valence-electron chi connectivity index (χ3n) is 1.67. The molecule has 0 heterocycles. The molecule has 5 N–H and O–H groups in total. The van der Waals surface area contributed by atoms with E-state index in [1.165, 1.54) is 6.07 Å². The molecule has 0 amide bonds. The molecule has 4 nitrogen and oxygen atoms in total. The smallest absolute Gasteiger partial charge is 0.337 e. The van der Waals surface area contributed by atoms with Crippen LogP contribution in [0, 0.1) is 6.92 Å². The van der Waals surface area contributed by atoms with E-state index in [4.69, 9.17) is 16.6 Å². The van der Waals surface area contributed by atoms with Crippen LogP contribution in [-0.4, -0.2) is 11.1 Å². The summed E-state index contributed by atoms with van der Waals surface area (Å²) in [7, 11) is 0. The third kappa shape index (κ3) is 1.32. The molecule has 4 heteroatoms. The highest BCUT2D eigenvalue weighted by Gasteiger charge is 2.08. The molecule has 0 atom stereocenters. The zero-order valence-corrected chi connectivity index (χ0v) is 6.66. The van der Waals surface area contributed by atoms with Gasteiger partial charge in [0, 0.05) is 11.4 Å². The summed E-state index contributed by atoms with van der Waals surface area (Å²) in [5.41, 5.74) is 12.5. The van der Waals surface area contributed by atoms with Crippen molar-refractivity contribution in [2.24, 2.45) is 0 Å². The van der Waals surface area contributed by atoms with Crippen molar-refractivity contribution >= 4 is 17.3 Å². The lowest BCUT2D eigenvalue weighted by atomic mass is 10.1. The molecule has 0 aliphatic carbocycles. The number of carboxylic acids is 1. The molecule has 0 aliphatic rings. The maximum absolute atomic E-state index is 10.5. The number of anilines is 2. The molecule has 0 unspecified atom stereocenters. The van der Waals surface area contributed by atoms with Gasteiger partial charge in [-0.05, 0) is 24.6 Å². The molecule has 1 aromatic rings. The van der Waals surface area contributed by atoms with Crippen LogP contribution < -0.4 is 11.5 Å². The summed E-state index contributed by atoms with van der Waals surface area (Å²) < 4.78 is 0. The van der Waals surface area contributed by atoms with Gasteiger partial charge in [0.2, 0.25) is 0 Å². The molecule has 0 aromatic heterocycles. The average Bonchev–Trinajstić information content (AvgIpc) is 1.96. The molecule has 1 aromatic carbocycles. The molecule has 0 fully saturated rings. The van der Waals surface area contributed by atoms with Crippen molar-refractivity contribution in [1.29, 1.82) is 0 Å². The number of carboxylic acid groups (broad SMARTS) is 1. The van der Waals surface area contributed by atoms with Crippen LogP contribution in [-0.2, 0) is 0 Å². The zero-order valence-electron chi connectivity index (χ0n) is 6.66. The van der Waals surface area contributed by atoms with Crippen molar-refractivity contribution in [3.8, 4) is 0 Å². The molecule has 0 saturated carbocycles. The van der Waals surface area contributed by atoms with Gasteiger partial charge in [-0.1, -0.05) is 0 Å². The number of carbonyl (C=O) groups is 1. The molecule has 0 aliphatic heterocycles. The summed E-state index contributed by atoms with van der Waals surface area (Å²) in [5.74, 6) is -1.06. The zero-order chi connectivity index (χ0) is 9.30. The molecular weight excluding hydrogens is 156 g/mol. The van der Waals surface area contributed by atoms with Gasteiger partial charge in [-0.3, -0.25) is 0 Å². The van der Waals surface area contributed by atoms with Gasteiger partial charge < -0.3 is 16.6 Å². The van der Waals surface area contributed by atoms with Crippen molar-refractivity contribution in [2.75, 3.05) is 11.5 Å². The van der Waals surface area contributed by atoms with E-state index in [2.05, 4.69) is 0 Å². The van der Waals surface area contributed by atoms with Gasteiger partial charge in [0.15, 0.2) is 0 Å². The Hall–Kier alpha value is -1.71. The fourth-order valence-electron chi connectivity index (χ4n) is 0.932. The van der Waals surface area contributed by atoms with E-state index in [9.17, 15) is 4.79 Å². The molecule has 0 saturated heterocycles. The second-order valence-electron chi connectivity index (χ2n) is 2.60. The number of aromatic carboxylic acids is 1. The minimum absolute atomic E-state index is 0.0538. The van der Waals surface area contributed by atoms with E-state index in [0.717, 1.165) is 5.56 Å². The topological polar surface area (TPSA) is 89.3 Å². The molecule has 1 rings (SSSR count). The Morgan fingerprint density at radius 3 is 2.42 bits per heavy atom. The fraction of sp³-hybridized carbons (Fsp3) is 0.125. The van der Waals surface area contributed by atoms with Crippen LogP contribution in [0.2, 0.25) is 0 Å². The molecule has 64 valence electrons. The van der Waals surface area contributed by atoms with Crippen LogP contribution in [0.4, 0.5) is 11.4 Å². The van der Waals surface area contributed by atoms with Crippen LogP contribution in [0.25, 0.3) is 0 Å². The highest BCUT2D eigenvalue weighted by atomic mass is 16.4. The summed E-state index contributed by atoms with van der Waals surface area (Å²) in [6, 6.07) is 2.92. The number of nitrogen functional groups attached to an aromatic ring is 2. The quantitative estimate of drug-likeness (QED) is 0.540. The lowest BCUT2D eigenvalue weighted by Gasteiger charge is -2.04. The van der Waals surface area contributed by atoms with E-state index in [0.29, 0.717) is 5.69 Å². The molecule has 0 spiro atoms. The first kappa shape index (κ1) is 8.39. The Kier molecular flexibility index (Phi) is 1.91. The van der Waals surface area contributed by atoms with Gasteiger partial charge in [0.05, 0.1) is 5.56 Å². The second-order valence-corrected chi connectivity index (χ2v) is 2.60. The maximum atomic E-state index is 10.5. The van der Waals surface area contributed by atoms with Gasteiger partial charge in [0.1, 0.15) is 0 Å². The molecular formula is C8H10N2O2. The highest BCUT2D eigenvalue weighted by Crippen LogP contribution is 2.19. The van der Waals surface area contributed by atoms with Crippen molar-refractivity contribution in [1.82, 2.24) is 0 Å². The second kappa shape index (κ2) is 2.73. The van der Waals surface area contributed by atoms with E-state index < -0.39 is 5.97 Å². The maximum Gasteiger partial charge on any atom is 0.337 e. The van der Waals surface area contributed by atoms with Gasteiger partial charge in [0.25, 0.3) is 0 Å². The van der Waals surface area contributed by atoms with Gasteiger partial charge >= 0.3 is 5.97 Å². The number of hydrogen-bond donors (Lipinski definition) is 3. The van der Waals surface area contributed by atoms with E-state index >= 15 is 0 Å². The summed E-state index contributed by atoms with van der Waals surface area (Å²) in [4.78, 5) is 10.5. The molecule has 12 heavy (non-hydrogen) atoms. The minimum Gasteiger partial charge on any atom is -0.478 e. The lowest BCUT2D eigenvalue weighted by Crippen LogP contribution is -2.04. The Balaban J connectivity index is 3.33. The molecule has 0 radical (unpaired) electrons. The van der Waals surface area contributed by atoms with Gasteiger partial charge in [-0.15, -0.1) is 0 Å². The minimum atomic E-state index is -1.06.